The number of carbonyl (C=O) groups excluding carboxylic acids is 4. The lowest BCUT2D eigenvalue weighted by Crippen LogP contribution is -2.46. The molecule has 11 heteroatoms. The SMILES string of the molecule is CCC1=C(C(=O)OCC2CCCCC2)[C@H](c2ccc(OC(=O)[C@H](C)NC(=O)OC(C)(C)C)c(Cl)c2)NC(=O)N1. The fraction of sp³-hybridized carbons (Fsp3) is 0.571. The summed E-state index contributed by atoms with van der Waals surface area (Å²) in [5.74, 6) is -0.840. The molecule has 1 aromatic rings. The van der Waals surface area contributed by atoms with Crippen molar-refractivity contribution in [1.82, 2.24) is 16.0 Å². The van der Waals surface area contributed by atoms with Gasteiger partial charge in [0.2, 0.25) is 0 Å². The lowest BCUT2D eigenvalue weighted by molar-refractivity contribution is -0.141. The van der Waals surface area contributed by atoms with Crippen molar-refractivity contribution in [2.75, 3.05) is 6.61 Å². The Kier molecular flexibility index (Phi) is 10.2. The van der Waals surface area contributed by atoms with Crippen LogP contribution >= 0.6 is 11.6 Å². The maximum absolute atomic E-state index is 13.2. The minimum Gasteiger partial charge on any atom is -0.462 e. The second-order valence-corrected chi connectivity index (χ2v) is 11.3. The third-order valence-corrected chi connectivity index (χ3v) is 6.78. The maximum atomic E-state index is 13.2. The van der Waals surface area contributed by atoms with Crippen molar-refractivity contribution in [3.05, 3.63) is 40.1 Å². The highest BCUT2D eigenvalue weighted by atomic mass is 35.5. The lowest BCUT2D eigenvalue weighted by atomic mass is 9.90. The van der Waals surface area contributed by atoms with Crippen LogP contribution in [0.1, 0.15) is 84.7 Å². The molecule has 3 N–H and O–H groups in total. The van der Waals surface area contributed by atoms with Gasteiger partial charge < -0.3 is 30.2 Å². The fourth-order valence-electron chi connectivity index (χ4n) is 4.53. The van der Waals surface area contributed by atoms with Crippen LogP contribution in [0.5, 0.6) is 5.75 Å². The third kappa shape index (κ3) is 8.61. The van der Waals surface area contributed by atoms with Gasteiger partial charge in [-0.2, -0.15) is 0 Å². The summed E-state index contributed by atoms with van der Waals surface area (Å²) in [6.07, 6.45) is 5.21. The van der Waals surface area contributed by atoms with Gasteiger partial charge in [-0.25, -0.2) is 19.2 Å². The van der Waals surface area contributed by atoms with E-state index in [0.29, 0.717) is 35.8 Å². The molecule has 1 heterocycles. The van der Waals surface area contributed by atoms with Crippen LogP contribution in [0.15, 0.2) is 29.5 Å². The summed E-state index contributed by atoms with van der Waals surface area (Å²) in [6, 6.07) is 2.35. The molecule has 1 saturated carbocycles. The van der Waals surface area contributed by atoms with E-state index in [2.05, 4.69) is 16.0 Å². The Balaban J connectivity index is 1.74. The average Bonchev–Trinajstić information content (AvgIpc) is 2.87. The van der Waals surface area contributed by atoms with E-state index in [-0.39, 0.29) is 10.8 Å². The largest absolute Gasteiger partial charge is 0.462 e. The zero-order chi connectivity index (χ0) is 28.7. The highest BCUT2D eigenvalue weighted by Crippen LogP contribution is 2.34. The Hall–Kier alpha value is -3.27. The number of hydrogen-bond donors (Lipinski definition) is 3. The van der Waals surface area contributed by atoms with Crippen LogP contribution in [0.3, 0.4) is 0 Å². The van der Waals surface area contributed by atoms with E-state index in [0.717, 1.165) is 25.7 Å². The molecule has 0 saturated heterocycles. The molecule has 0 spiro atoms. The average molecular weight is 564 g/mol. The molecular formula is C28H38ClN3O7. The molecule has 39 heavy (non-hydrogen) atoms. The van der Waals surface area contributed by atoms with Gasteiger partial charge in [-0.3, -0.25) is 0 Å². The Morgan fingerprint density at radius 3 is 2.46 bits per heavy atom. The third-order valence-electron chi connectivity index (χ3n) is 6.49. The Labute approximate surface area is 234 Å². The molecule has 0 bridgehead atoms. The van der Waals surface area contributed by atoms with Gasteiger partial charge >= 0.3 is 24.1 Å². The van der Waals surface area contributed by atoms with Crippen LogP contribution in [0.4, 0.5) is 9.59 Å². The van der Waals surface area contributed by atoms with Gasteiger partial charge in [0.1, 0.15) is 17.4 Å². The number of rotatable bonds is 8. The van der Waals surface area contributed by atoms with Gasteiger partial charge in [0.25, 0.3) is 0 Å². The molecule has 1 aliphatic carbocycles. The molecule has 0 radical (unpaired) electrons. The van der Waals surface area contributed by atoms with Crippen LogP contribution in [-0.2, 0) is 19.1 Å². The number of hydrogen-bond acceptors (Lipinski definition) is 7. The van der Waals surface area contributed by atoms with E-state index >= 15 is 0 Å². The quantitative estimate of drug-likeness (QED) is 0.289. The van der Waals surface area contributed by atoms with Crippen LogP contribution in [0.2, 0.25) is 5.02 Å². The summed E-state index contributed by atoms with van der Waals surface area (Å²) < 4.78 is 16.2. The number of nitrogens with one attached hydrogen (secondary N) is 3. The monoisotopic (exact) mass is 563 g/mol. The summed E-state index contributed by atoms with van der Waals surface area (Å²) in [5.41, 5.74) is 0.588. The van der Waals surface area contributed by atoms with Crippen molar-refractivity contribution in [3.63, 3.8) is 0 Å². The van der Waals surface area contributed by atoms with Crippen LogP contribution < -0.4 is 20.7 Å². The van der Waals surface area contributed by atoms with Gasteiger partial charge in [-0.15, -0.1) is 0 Å². The lowest BCUT2D eigenvalue weighted by Gasteiger charge is -2.30. The molecule has 3 rings (SSSR count). The number of urea groups is 1. The zero-order valence-corrected chi connectivity index (χ0v) is 23.9. The highest BCUT2D eigenvalue weighted by molar-refractivity contribution is 6.32. The van der Waals surface area contributed by atoms with Gasteiger partial charge in [-0.1, -0.05) is 43.9 Å². The molecule has 1 aromatic carbocycles. The van der Waals surface area contributed by atoms with Crippen LogP contribution in [0.25, 0.3) is 0 Å². The van der Waals surface area contributed by atoms with Crippen molar-refractivity contribution in [2.45, 2.75) is 90.8 Å². The normalized spacial score (nSPS) is 18.9. The number of allylic oxidation sites excluding steroid dienone is 1. The van der Waals surface area contributed by atoms with E-state index in [9.17, 15) is 19.2 Å². The molecule has 2 aliphatic rings. The number of benzene rings is 1. The van der Waals surface area contributed by atoms with Gasteiger partial charge in [-0.05, 0) is 70.6 Å². The minimum atomic E-state index is -1.00. The predicted octanol–water partition coefficient (Wildman–Crippen LogP) is 5.30. The standard InChI is InChI=1S/C28H38ClN3O7/c1-6-20-22(25(34)37-15-17-10-8-7-9-11-17)23(32-26(35)31-20)18-12-13-21(19(29)14-18)38-24(33)16(2)30-27(36)39-28(3,4)5/h12-14,16-17,23H,6-11,15H2,1-5H3,(H,30,36)(H2,31,32,35)/t16-,23-/m0/s1. The topological polar surface area (TPSA) is 132 Å². The van der Waals surface area contributed by atoms with Crippen molar-refractivity contribution < 1.29 is 33.4 Å². The zero-order valence-electron chi connectivity index (χ0n) is 23.1. The molecule has 2 atom stereocenters. The van der Waals surface area contributed by atoms with Crippen LogP contribution in [0, 0.1) is 5.92 Å². The second-order valence-electron chi connectivity index (χ2n) is 10.9. The molecule has 10 nitrogen and oxygen atoms in total. The van der Waals surface area contributed by atoms with E-state index in [1.165, 1.54) is 25.5 Å². The molecule has 214 valence electrons. The number of halogens is 1. The number of alkyl carbamates (subject to hydrolysis) is 1. The first kappa shape index (κ1) is 30.3. The van der Waals surface area contributed by atoms with E-state index in [1.54, 1.807) is 26.8 Å². The van der Waals surface area contributed by atoms with Crippen molar-refractivity contribution in [1.29, 1.82) is 0 Å². The van der Waals surface area contributed by atoms with Gasteiger partial charge in [0, 0.05) is 5.70 Å². The number of ether oxygens (including phenoxy) is 3. The molecular weight excluding hydrogens is 526 g/mol. The highest BCUT2D eigenvalue weighted by Gasteiger charge is 2.34. The second kappa shape index (κ2) is 13.2. The van der Waals surface area contributed by atoms with E-state index in [1.807, 2.05) is 6.92 Å². The predicted molar refractivity (Wildman–Crippen MR) is 145 cm³/mol. The summed E-state index contributed by atoms with van der Waals surface area (Å²) in [5, 5.41) is 7.99. The smallest absolute Gasteiger partial charge is 0.408 e. The fourth-order valence-corrected chi connectivity index (χ4v) is 4.76. The van der Waals surface area contributed by atoms with E-state index < -0.39 is 41.7 Å². The van der Waals surface area contributed by atoms with Crippen molar-refractivity contribution in [2.24, 2.45) is 5.92 Å². The molecule has 1 fully saturated rings. The number of amides is 3. The first-order valence-corrected chi connectivity index (χ1v) is 13.7. The summed E-state index contributed by atoms with van der Waals surface area (Å²) in [6.45, 7) is 8.77. The Morgan fingerprint density at radius 1 is 1.15 bits per heavy atom. The first-order valence-electron chi connectivity index (χ1n) is 13.4. The van der Waals surface area contributed by atoms with Crippen molar-refractivity contribution in [3.8, 4) is 5.75 Å². The Bertz CT molecular complexity index is 1120. The Morgan fingerprint density at radius 2 is 1.85 bits per heavy atom. The summed E-state index contributed by atoms with van der Waals surface area (Å²) in [7, 11) is 0. The maximum Gasteiger partial charge on any atom is 0.408 e. The minimum absolute atomic E-state index is 0.0598. The summed E-state index contributed by atoms with van der Waals surface area (Å²) >= 11 is 6.44. The molecule has 0 aromatic heterocycles. The molecule has 1 aliphatic heterocycles. The summed E-state index contributed by atoms with van der Waals surface area (Å²) in [4.78, 5) is 50.1. The number of esters is 2. The van der Waals surface area contributed by atoms with Gasteiger partial charge in [0.05, 0.1) is 23.2 Å². The van der Waals surface area contributed by atoms with E-state index in [4.69, 9.17) is 25.8 Å². The molecule has 3 amide bonds. The number of carbonyl (C=O) groups is 4. The van der Waals surface area contributed by atoms with Crippen LogP contribution in [-0.4, -0.2) is 42.3 Å². The first-order chi connectivity index (χ1) is 18.4. The molecule has 0 unspecified atom stereocenters. The van der Waals surface area contributed by atoms with Crippen molar-refractivity contribution >= 4 is 35.7 Å². The van der Waals surface area contributed by atoms with Gasteiger partial charge in [0.15, 0.2) is 0 Å².